The van der Waals surface area contributed by atoms with Crippen LogP contribution in [-0.2, 0) is 0 Å². The molecule has 0 rings (SSSR count). The summed E-state index contributed by atoms with van der Waals surface area (Å²) >= 11 is 0. The molecule has 0 aliphatic rings. The highest BCUT2D eigenvalue weighted by Gasteiger charge is 1.79. The van der Waals surface area contributed by atoms with Crippen molar-refractivity contribution in [3.8, 4) is 36.0 Å². The maximum atomic E-state index is 8.82. The second-order valence-corrected chi connectivity index (χ2v) is 2.15. The van der Waals surface area contributed by atoms with Crippen LogP contribution in [0.25, 0.3) is 0 Å². The Bertz CT molecular complexity index is 343. The third-order valence-electron chi connectivity index (χ3n) is 0.950. The van der Waals surface area contributed by atoms with Crippen LogP contribution in [0.1, 0.15) is 6.92 Å². The van der Waals surface area contributed by atoms with Gasteiger partial charge in [-0.25, -0.2) is 0 Å². The summed E-state index contributed by atoms with van der Waals surface area (Å²) in [7, 11) is 0. The van der Waals surface area contributed by atoms with Gasteiger partial charge in [-0.15, -0.1) is 6.42 Å². The molecule has 0 amide bonds. The van der Waals surface area contributed by atoms with Crippen LogP contribution in [-0.4, -0.2) is 11.2 Å². The summed E-state index contributed by atoms with van der Waals surface area (Å²) in [6.45, 7) is 1.68. The van der Waals surface area contributed by atoms with Gasteiger partial charge in [-0.3, -0.25) is 0 Å². The van der Waals surface area contributed by atoms with Gasteiger partial charge >= 0.3 is 0 Å². The highest BCUT2D eigenvalue weighted by Crippen LogP contribution is 1.83. The third kappa shape index (κ3) is 10.1. The summed E-state index contributed by atoms with van der Waals surface area (Å²) in [5.41, 5.74) is 0. The average Bonchev–Trinajstić information content (AvgIpc) is 2.09. The van der Waals surface area contributed by atoms with Gasteiger partial charge in [0, 0.05) is 0 Å². The van der Waals surface area contributed by atoms with E-state index in [1.165, 1.54) is 0 Å². The monoisotopic (exact) mass is 170 g/mol. The quantitative estimate of drug-likeness (QED) is 0.486. The lowest BCUT2D eigenvalue weighted by Gasteiger charge is -1.88. The predicted octanol–water partition coefficient (Wildman–Crippen LogP) is 1.12. The molecule has 0 radical (unpaired) electrons. The van der Waals surface area contributed by atoms with E-state index in [0.717, 1.165) is 0 Å². The van der Waals surface area contributed by atoms with Crippen LogP contribution in [0.15, 0.2) is 24.3 Å². The molecule has 13 heavy (non-hydrogen) atoms. The SMILES string of the molecule is C#CC#CC#C/C=C/C=C/C(C)O. The van der Waals surface area contributed by atoms with Gasteiger partial charge in [-0.1, -0.05) is 24.1 Å². The second-order valence-electron chi connectivity index (χ2n) is 2.15. The second kappa shape index (κ2) is 8.22. The van der Waals surface area contributed by atoms with Gasteiger partial charge in [-0.05, 0) is 36.7 Å². The van der Waals surface area contributed by atoms with E-state index in [-0.39, 0.29) is 0 Å². The van der Waals surface area contributed by atoms with Gasteiger partial charge in [0.15, 0.2) is 0 Å². The van der Waals surface area contributed by atoms with Crippen molar-refractivity contribution in [3.63, 3.8) is 0 Å². The fourth-order valence-corrected chi connectivity index (χ4v) is 0.474. The standard InChI is InChI=1S/C12H10O/c1-3-4-5-6-7-8-9-10-11-12(2)13/h1,8-13H,2H3/b9-8+,11-10+. The zero-order valence-electron chi connectivity index (χ0n) is 7.41. The Labute approximate surface area is 79.2 Å². The molecule has 0 aromatic carbocycles. The first-order valence-corrected chi connectivity index (χ1v) is 3.75. The summed E-state index contributed by atoms with van der Waals surface area (Å²) in [4.78, 5) is 0. The van der Waals surface area contributed by atoms with Crippen LogP contribution in [0.4, 0.5) is 0 Å². The van der Waals surface area contributed by atoms with Crippen molar-refractivity contribution in [2.45, 2.75) is 13.0 Å². The predicted molar refractivity (Wildman–Crippen MR) is 54.3 cm³/mol. The van der Waals surface area contributed by atoms with E-state index in [9.17, 15) is 0 Å². The van der Waals surface area contributed by atoms with Crippen LogP contribution in [0.3, 0.4) is 0 Å². The molecule has 0 heterocycles. The van der Waals surface area contributed by atoms with Gasteiger partial charge < -0.3 is 5.11 Å². The van der Waals surface area contributed by atoms with E-state index < -0.39 is 6.10 Å². The van der Waals surface area contributed by atoms with Crippen molar-refractivity contribution < 1.29 is 5.11 Å². The zero-order valence-corrected chi connectivity index (χ0v) is 7.41. The Balaban J connectivity index is 3.87. The average molecular weight is 170 g/mol. The van der Waals surface area contributed by atoms with Crippen LogP contribution < -0.4 is 0 Å². The molecule has 0 aromatic rings. The molecule has 0 aliphatic carbocycles. The molecule has 0 bridgehead atoms. The number of aliphatic hydroxyl groups is 1. The minimum atomic E-state index is -0.432. The fourth-order valence-electron chi connectivity index (χ4n) is 0.474. The van der Waals surface area contributed by atoms with Gasteiger partial charge in [0.1, 0.15) is 0 Å². The molecule has 0 spiro atoms. The highest BCUT2D eigenvalue weighted by molar-refractivity contribution is 5.36. The number of hydrogen-bond donors (Lipinski definition) is 1. The highest BCUT2D eigenvalue weighted by atomic mass is 16.3. The molecule has 0 fully saturated rings. The van der Waals surface area contributed by atoms with Crippen LogP contribution in [0, 0.1) is 36.0 Å². The van der Waals surface area contributed by atoms with E-state index in [1.807, 2.05) is 0 Å². The van der Waals surface area contributed by atoms with Crippen LogP contribution in [0.2, 0.25) is 0 Å². The molecule has 1 atom stereocenters. The summed E-state index contributed by atoms with van der Waals surface area (Å²) < 4.78 is 0. The van der Waals surface area contributed by atoms with Crippen molar-refractivity contribution in [1.82, 2.24) is 0 Å². The molecule has 1 unspecified atom stereocenters. The zero-order chi connectivity index (χ0) is 9.94. The Morgan fingerprint density at radius 3 is 2.62 bits per heavy atom. The molecular formula is C12H10O. The summed E-state index contributed by atoms with van der Waals surface area (Å²) in [6, 6.07) is 0. The van der Waals surface area contributed by atoms with E-state index in [2.05, 4.69) is 29.6 Å². The summed E-state index contributed by atoms with van der Waals surface area (Å²) in [5, 5.41) is 8.82. The maximum absolute atomic E-state index is 8.82. The molecule has 1 heteroatoms. The number of terminal acetylenes is 1. The van der Waals surface area contributed by atoms with Gasteiger partial charge in [0.2, 0.25) is 0 Å². The third-order valence-corrected chi connectivity index (χ3v) is 0.950. The van der Waals surface area contributed by atoms with Crippen LogP contribution >= 0.6 is 0 Å². The molecule has 0 aromatic heterocycles. The molecule has 1 N–H and O–H groups in total. The lowest BCUT2D eigenvalue weighted by atomic mass is 10.3. The van der Waals surface area contributed by atoms with Gasteiger partial charge in [0.25, 0.3) is 0 Å². The largest absolute Gasteiger partial charge is 0.389 e. The first-order valence-electron chi connectivity index (χ1n) is 3.75. The minimum absolute atomic E-state index is 0.432. The molecular weight excluding hydrogens is 160 g/mol. The van der Waals surface area contributed by atoms with E-state index in [4.69, 9.17) is 11.5 Å². The Morgan fingerprint density at radius 1 is 1.23 bits per heavy atom. The van der Waals surface area contributed by atoms with Crippen molar-refractivity contribution in [2.24, 2.45) is 0 Å². The molecule has 0 saturated heterocycles. The molecule has 0 saturated carbocycles. The molecule has 1 nitrogen and oxygen atoms in total. The minimum Gasteiger partial charge on any atom is -0.389 e. The van der Waals surface area contributed by atoms with E-state index >= 15 is 0 Å². The summed E-state index contributed by atoms with van der Waals surface area (Å²) in [5.74, 6) is 12.2. The van der Waals surface area contributed by atoms with Crippen molar-refractivity contribution in [1.29, 1.82) is 0 Å². The lowest BCUT2D eigenvalue weighted by molar-refractivity contribution is 0.244. The lowest BCUT2D eigenvalue weighted by Crippen LogP contribution is -1.90. The maximum Gasteiger partial charge on any atom is 0.0695 e. The van der Waals surface area contributed by atoms with Crippen molar-refractivity contribution in [2.75, 3.05) is 0 Å². The van der Waals surface area contributed by atoms with Crippen molar-refractivity contribution in [3.05, 3.63) is 24.3 Å². The van der Waals surface area contributed by atoms with Gasteiger partial charge in [-0.2, -0.15) is 0 Å². The smallest absolute Gasteiger partial charge is 0.0695 e. The first kappa shape index (κ1) is 11.1. The molecule has 64 valence electrons. The summed E-state index contributed by atoms with van der Waals surface area (Å²) in [6.07, 6.45) is 11.2. The number of allylic oxidation sites excluding steroid dienone is 3. The Morgan fingerprint density at radius 2 is 2.00 bits per heavy atom. The number of aliphatic hydroxyl groups excluding tert-OH is 1. The van der Waals surface area contributed by atoms with Gasteiger partial charge in [0.05, 0.1) is 6.10 Å². The van der Waals surface area contributed by atoms with E-state index in [0.29, 0.717) is 0 Å². The first-order chi connectivity index (χ1) is 6.27. The van der Waals surface area contributed by atoms with Crippen molar-refractivity contribution >= 4 is 0 Å². The van der Waals surface area contributed by atoms with E-state index in [1.54, 1.807) is 31.2 Å². The molecule has 0 aliphatic heterocycles. The van der Waals surface area contributed by atoms with Crippen LogP contribution in [0.5, 0.6) is 0 Å². The normalized spacial score (nSPS) is 11.2. The Kier molecular flexibility index (Phi) is 7.03. The fraction of sp³-hybridized carbons (Fsp3) is 0.167. The number of hydrogen-bond acceptors (Lipinski definition) is 1. The Hall–Kier alpha value is -1.88. The topological polar surface area (TPSA) is 20.2 Å². The number of rotatable bonds is 2.